The fourth-order valence-corrected chi connectivity index (χ4v) is 1.54. The molecule has 0 saturated heterocycles. The molecule has 1 aromatic rings. The van der Waals surface area contributed by atoms with E-state index in [0.29, 0.717) is 0 Å². The number of nitrogens with one attached hydrogen (secondary N) is 1. The zero-order chi connectivity index (χ0) is 12.0. The number of hydrogen-bond donors (Lipinski definition) is 1. The summed E-state index contributed by atoms with van der Waals surface area (Å²) in [4.78, 5) is 4.41. The van der Waals surface area contributed by atoms with Crippen LogP contribution in [0.5, 0.6) is 0 Å². The first kappa shape index (κ1) is 12.8. The Morgan fingerprint density at radius 3 is 3.06 bits per heavy atom. The molecule has 1 unspecified atom stereocenters. The predicted octanol–water partition coefficient (Wildman–Crippen LogP) is 2.21. The molecule has 1 rings (SSSR count). The van der Waals surface area contributed by atoms with Crippen LogP contribution < -0.4 is 5.32 Å². The van der Waals surface area contributed by atoms with E-state index in [-0.39, 0.29) is 6.10 Å². The third kappa shape index (κ3) is 3.70. The van der Waals surface area contributed by atoms with E-state index < -0.39 is 0 Å². The van der Waals surface area contributed by atoms with Gasteiger partial charge in [-0.25, -0.2) is 4.98 Å². The molecule has 1 atom stereocenters. The third-order valence-corrected chi connectivity index (χ3v) is 2.22. The maximum Gasteiger partial charge on any atom is 0.203 e. The minimum absolute atomic E-state index is 0.194. The van der Waals surface area contributed by atoms with Crippen LogP contribution in [0, 0.1) is 6.92 Å². The van der Waals surface area contributed by atoms with E-state index >= 15 is 0 Å². The Kier molecular flexibility index (Phi) is 5.05. The van der Waals surface area contributed by atoms with Crippen LogP contribution >= 0.6 is 0 Å². The average molecular weight is 223 g/mol. The smallest absolute Gasteiger partial charge is 0.203 e. The van der Waals surface area contributed by atoms with Crippen molar-refractivity contribution < 1.29 is 4.74 Å². The van der Waals surface area contributed by atoms with Gasteiger partial charge in [-0.3, -0.25) is 0 Å². The molecule has 0 aliphatic heterocycles. The highest BCUT2D eigenvalue weighted by Crippen LogP contribution is 2.08. The Hall–Kier alpha value is -1.29. The van der Waals surface area contributed by atoms with Gasteiger partial charge in [0.2, 0.25) is 5.95 Å². The Morgan fingerprint density at radius 2 is 2.44 bits per heavy atom. The lowest BCUT2D eigenvalue weighted by molar-refractivity contribution is 0.0854. The number of anilines is 1. The lowest BCUT2D eigenvalue weighted by atomic mass is 10.4. The quantitative estimate of drug-likeness (QED) is 0.720. The van der Waals surface area contributed by atoms with Gasteiger partial charge in [-0.1, -0.05) is 6.08 Å². The summed E-state index contributed by atoms with van der Waals surface area (Å²) in [6.45, 7) is 12.0. The SMILES string of the molecule is C=CCn1cc(C)nc1NCC(C)OCC. The molecule has 0 saturated carbocycles. The highest BCUT2D eigenvalue weighted by atomic mass is 16.5. The Bertz CT molecular complexity index is 333. The molecule has 0 aromatic carbocycles. The molecule has 0 fully saturated rings. The summed E-state index contributed by atoms with van der Waals surface area (Å²) >= 11 is 0. The first-order valence-electron chi connectivity index (χ1n) is 5.67. The van der Waals surface area contributed by atoms with Crippen LogP contribution in [0.25, 0.3) is 0 Å². The van der Waals surface area contributed by atoms with Crippen LogP contribution in [0.15, 0.2) is 18.9 Å². The fourth-order valence-electron chi connectivity index (χ4n) is 1.54. The molecule has 16 heavy (non-hydrogen) atoms. The van der Waals surface area contributed by atoms with Crippen LogP contribution in [0.2, 0.25) is 0 Å². The Labute approximate surface area is 97.3 Å². The fraction of sp³-hybridized carbons (Fsp3) is 0.583. The maximum atomic E-state index is 5.45. The van der Waals surface area contributed by atoms with Crippen molar-refractivity contribution in [2.45, 2.75) is 33.4 Å². The minimum atomic E-state index is 0.194. The number of nitrogens with zero attached hydrogens (tertiary/aromatic N) is 2. The second-order valence-corrected chi connectivity index (χ2v) is 3.79. The summed E-state index contributed by atoms with van der Waals surface area (Å²) in [5.74, 6) is 0.879. The zero-order valence-electron chi connectivity index (χ0n) is 10.4. The van der Waals surface area contributed by atoms with Gasteiger partial charge in [0.15, 0.2) is 0 Å². The van der Waals surface area contributed by atoms with Gasteiger partial charge in [-0.15, -0.1) is 6.58 Å². The Balaban J connectivity index is 2.54. The zero-order valence-corrected chi connectivity index (χ0v) is 10.4. The summed E-state index contributed by atoms with van der Waals surface area (Å²) in [5.41, 5.74) is 1.01. The topological polar surface area (TPSA) is 39.1 Å². The Morgan fingerprint density at radius 1 is 1.69 bits per heavy atom. The maximum absolute atomic E-state index is 5.45. The number of imidazole rings is 1. The largest absolute Gasteiger partial charge is 0.377 e. The molecule has 0 bridgehead atoms. The van der Waals surface area contributed by atoms with Crippen molar-refractivity contribution in [2.75, 3.05) is 18.5 Å². The molecule has 4 heteroatoms. The molecule has 0 aliphatic rings. The number of aryl methyl sites for hydroxylation is 1. The van der Waals surface area contributed by atoms with Gasteiger partial charge in [-0.05, 0) is 20.8 Å². The predicted molar refractivity (Wildman–Crippen MR) is 66.7 cm³/mol. The van der Waals surface area contributed by atoms with E-state index in [1.54, 1.807) is 0 Å². The van der Waals surface area contributed by atoms with Crippen LogP contribution in [0.4, 0.5) is 5.95 Å². The van der Waals surface area contributed by atoms with Gasteiger partial charge in [-0.2, -0.15) is 0 Å². The summed E-state index contributed by atoms with van der Waals surface area (Å²) < 4.78 is 7.49. The summed E-state index contributed by atoms with van der Waals surface area (Å²) in [5, 5.41) is 3.28. The molecular formula is C12H21N3O. The highest BCUT2D eigenvalue weighted by Gasteiger charge is 2.06. The molecule has 4 nitrogen and oxygen atoms in total. The molecule has 0 spiro atoms. The lowest BCUT2D eigenvalue weighted by Crippen LogP contribution is -2.21. The number of allylic oxidation sites excluding steroid dienone is 1. The summed E-state index contributed by atoms with van der Waals surface area (Å²) in [7, 11) is 0. The third-order valence-electron chi connectivity index (χ3n) is 2.22. The number of hydrogen-bond acceptors (Lipinski definition) is 3. The van der Waals surface area contributed by atoms with Gasteiger partial charge >= 0.3 is 0 Å². The second kappa shape index (κ2) is 6.33. The van der Waals surface area contributed by atoms with Crippen LogP contribution in [-0.4, -0.2) is 28.8 Å². The van der Waals surface area contributed by atoms with E-state index in [9.17, 15) is 0 Å². The van der Waals surface area contributed by atoms with Gasteiger partial charge in [0.1, 0.15) is 0 Å². The first-order valence-corrected chi connectivity index (χ1v) is 5.67. The van der Waals surface area contributed by atoms with E-state index in [4.69, 9.17) is 4.74 Å². The lowest BCUT2D eigenvalue weighted by Gasteiger charge is -2.13. The van der Waals surface area contributed by atoms with E-state index in [2.05, 4.69) is 16.9 Å². The number of rotatable bonds is 7. The van der Waals surface area contributed by atoms with Crippen molar-refractivity contribution in [1.29, 1.82) is 0 Å². The number of aromatic nitrogens is 2. The van der Waals surface area contributed by atoms with Crippen molar-refractivity contribution in [3.63, 3.8) is 0 Å². The number of ether oxygens (including phenoxy) is 1. The van der Waals surface area contributed by atoms with Gasteiger partial charge in [0.25, 0.3) is 0 Å². The van der Waals surface area contributed by atoms with E-state index in [1.807, 2.05) is 37.6 Å². The summed E-state index contributed by atoms with van der Waals surface area (Å²) in [6.07, 6.45) is 4.06. The van der Waals surface area contributed by atoms with E-state index in [0.717, 1.165) is 31.3 Å². The second-order valence-electron chi connectivity index (χ2n) is 3.79. The molecular weight excluding hydrogens is 202 g/mol. The average Bonchev–Trinajstić information content (AvgIpc) is 2.57. The van der Waals surface area contributed by atoms with Gasteiger partial charge in [0.05, 0.1) is 11.8 Å². The van der Waals surface area contributed by atoms with Gasteiger partial charge < -0.3 is 14.6 Å². The van der Waals surface area contributed by atoms with Gasteiger partial charge in [0, 0.05) is 25.9 Å². The van der Waals surface area contributed by atoms with Crippen molar-refractivity contribution in [3.05, 3.63) is 24.5 Å². The van der Waals surface area contributed by atoms with Crippen molar-refractivity contribution in [2.24, 2.45) is 0 Å². The molecule has 1 heterocycles. The van der Waals surface area contributed by atoms with Crippen LogP contribution in [0.3, 0.4) is 0 Å². The molecule has 1 N–H and O–H groups in total. The molecule has 90 valence electrons. The minimum Gasteiger partial charge on any atom is -0.377 e. The van der Waals surface area contributed by atoms with Crippen LogP contribution in [0.1, 0.15) is 19.5 Å². The normalized spacial score (nSPS) is 12.4. The highest BCUT2D eigenvalue weighted by molar-refractivity contribution is 5.29. The monoisotopic (exact) mass is 223 g/mol. The van der Waals surface area contributed by atoms with Crippen molar-refractivity contribution in [1.82, 2.24) is 9.55 Å². The van der Waals surface area contributed by atoms with Crippen molar-refractivity contribution >= 4 is 5.95 Å². The molecule has 0 aliphatic carbocycles. The first-order chi connectivity index (χ1) is 7.67. The molecule has 1 aromatic heterocycles. The molecule has 0 amide bonds. The van der Waals surface area contributed by atoms with Crippen molar-refractivity contribution in [3.8, 4) is 0 Å². The molecule has 0 radical (unpaired) electrons. The standard InChI is InChI=1S/C12H21N3O/c1-5-7-15-9-10(3)14-12(15)13-8-11(4)16-6-2/h5,9,11H,1,6-8H2,2-4H3,(H,13,14). The van der Waals surface area contributed by atoms with E-state index in [1.165, 1.54) is 0 Å². The summed E-state index contributed by atoms with van der Waals surface area (Å²) in [6, 6.07) is 0. The van der Waals surface area contributed by atoms with Crippen LogP contribution in [-0.2, 0) is 11.3 Å².